The molecule has 0 spiro atoms. The van der Waals surface area contributed by atoms with E-state index in [1.165, 1.54) is 11.6 Å². The SMILES string of the molecule is CC(C)c1nccn1CCCn1ccnc1C(C)C. The molecular weight excluding hydrogens is 236 g/mol. The van der Waals surface area contributed by atoms with Crippen LogP contribution in [0.25, 0.3) is 0 Å². The molecule has 0 aromatic carbocycles. The second-order valence-electron chi connectivity index (χ2n) is 5.62. The van der Waals surface area contributed by atoms with Crippen molar-refractivity contribution in [3.8, 4) is 0 Å². The second kappa shape index (κ2) is 6.04. The highest BCUT2D eigenvalue weighted by Crippen LogP contribution is 2.14. The number of nitrogens with zero attached hydrogens (tertiary/aromatic N) is 4. The third-order valence-electron chi connectivity index (χ3n) is 3.33. The van der Waals surface area contributed by atoms with Crippen molar-refractivity contribution >= 4 is 0 Å². The van der Waals surface area contributed by atoms with Gasteiger partial charge in [-0.3, -0.25) is 0 Å². The van der Waals surface area contributed by atoms with Crippen LogP contribution in [-0.4, -0.2) is 19.1 Å². The average molecular weight is 260 g/mol. The Bertz CT molecular complexity index is 461. The van der Waals surface area contributed by atoms with Gasteiger partial charge in [0.25, 0.3) is 0 Å². The summed E-state index contributed by atoms with van der Waals surface area (Å²) in [6, 6.07) is 0. The van der Waals surface area contributed by atoms with Gasteiger partial charge in [0, 0.05) is 49.7 Å². The van der Waals surface area contributed by atoms with E-state index in [-0.39, 0.29) is 0 Å². The quantitative estimate of drug-likeness (QED) is 0.798. The Kier molecular flexibility index (Phi) is 4.40. The molecule has 0 aliphatic rings. The van der Waals surface area contributed by atoms with Gasteiger partial charge in [-0.05, 0) is 6.42 Å². The fourth-order valence-electron chi connectivity index (χ4n) is 2.43. The van der Waals surface area contributed by atoms with Crippen LogP contribution >= 0.6 is 0 Å². The Morgan fingerprint density at radius 1 is 0.842 bits per heavy atom. The van der Waals surface area contributed by atoms with E-state index in [1.54, 1.807) is 0 Å². The summed E-state index contributed by atoms with van der Waals surface area (Å²) in [6.45, 7) is 10.8. The molecule has 4 nitrogen and oxygen atoms in total. The van der Waals surface area contributed by atoms with E-state index < -0.39 is 0 Å². The van der Waals surface area contributed by atoms with E-state index in [9.17, 15) is 0 Å². The minimum absolute atomic E-state index is 0.481. The molecule has 0 saturated carbocycles. The van der Waals surface area contributed by atoms with Crippen LogP contribution in [0, 0.1) is 0 Å². The summed E-state index contributed by atoms with van der Waals surface area (Å²) in [5.41, 5.74) is 0. The molecule has 0 unspecified atom stereocenters. The fourth-order valence-corrected chi connectivity index (χ4v) is 2.43. The van der Waals surface area contributed by atoms with Gasteiger partial charge in [-0.25, -0.2) is 9.97 Å². The predicted molar refractivity (Wildman–Crippen MR) is 77.2 cm³/mol. The van der Waals surface area contributed by atoms with Crippen molar-refractivity contribution in [2.45, 2.75) is 59.0 Å². The van der Waals surface area contributed by atoms with E-state index in [2.05, 4.69) is 59.2 Å². The summed E-state index contributed by atoms with van der Waals surface area (Å²) in [6.07, 6.45) is 9.05. The van der Waals surface area contributed by atoms with E-state index in [0.29, 0.717) is 11.8 Å². The summed E-state index contributed by atoms with van der Waals surface area (Å²) in [4.78, 5) is 8.84. The van der Waals surface area contributed by atoms with Gasteiger partial charge in [-0.1, -0.05) is 27.7 Å². The number of hydrogen-bond donors (Lipinski definition) is 0. The molecule has 0 bridgehead atoms. The Morgan fingerprint density at radius 2 is 1.26 bits per heavy atom. The molecule has 0 fully saturated rings. The van der Waals surface area contributed by atoms with Crippen molar-refractivity contribution in [3.05, 3.63) is 36.4 Å². The van der Waals surface area contributed by atoms with Crippen LogP contribution in [0.2, 0.25) is 0 Å². The van der Waals surface area contributed by atoms with E-state index in [4.69, 9.17) is 0 Å². The lowest BCUT2D eigenvalue weighted by molar-refractivity contribution is 0.520. The molecule has 0 aliphatic heterocycles. The maximum atomic E-state index is 4.42. The first-order chi connectivity index (χ1) is 9.09. The summed E-state index contributed by atoms with van der Waals surface area (Å²) >= 11 is 0. The van der Waals surface area contributed by atoms with Crippen molar-refractivity contribution in [1.29, 1.82) is 0 Å². The molecule has 19 heavy (non-hydrogen) atoms. The zero-order valence-electron chi connectivity index (χ0n) is 12.4. The summed E-state index contributed by atoms with van der Waals surface area (Å²) in [5.74, 6) is 3.31. The van der Waals surface area contributed by atoms with Crippen LogP contribution < -0.4 is 0 Å². The Hall–Kier alpha value is -1.58. The minimum Gasteiger partial charge on any atom is -0.335 e. The van der Waals surface area contributed by atoms with Gasteiger partial charge in [0.2, 0.25) is 0 Å². The van der Waals surface area contributed by atoms with Crippen LogP contribution in [0.1, 0.15) is 57.6 Å². The van der Waals surface area contributed by atoms with E-state index in [0.717, 1.165) is 19.5 Å². The van der Waals surface area contributed by atoms with Crippen LogP contribution in [0.5, 0.6) is 0 Å². The normalized spacial score (nSPS) is 11.7. The van der Waals surface area contributed by atoms with Crippen LogP contribution in [0.15, 0.2) is 24.8 Å². The van der Waals surface area contributed by atoms with Crippen molar-refractivity contribution in [3.63, 3.8) is 0 Å². The van der Waals surface area contributed by atoms with Crippen molar-refractivity contribution in [2.75, 3.05) is 0 Å². The lowest BCUT2D eigenvalue weighted by Crippen LogP contribution is -2.09. The lowest BCUT2D eigenvalue weighted by Gasteiger charge is -2.12. The molecule has 0 amide bonds. The number of rotatable bonds is 6. The highest BCUT2D eigenvalue weighted by Gasteiger charge is 2.08. The molecule has 4 heteroatoms. The van der Waals surface area contributed by atoms with E-state index >= 15 is 0 Å². The number of hydrogen-bond acceptors (Lipinski definition) is 2. The predicted octanol–water partition coefficient (Wildman–Crippen LogP) is 3.42. The minimum atomic E-state index is 0.481. The molecule has 0 saturated heterocycles. The number of imidazole rings is 2. The first kappa shape index (κ1) is 13.8. The molecule has 104 valence electrons. The standard InChI is InChI=1S/C15H24N4/c1-12(2)14-16-6-10-18(14)8-5-9-19-11-7-17-15(19)13(3)4/h6-7,10-13H,5,8-9H2,1-4H3. The van der Waals surface area contributed by atoms with Crippen molar-refractivity contribution in [1.82, 2.24) is 19.1 Å². The third-order valence-corrected chi connectivity index (χ3v) is 3.33. The molecule has 0 atom stereocenters. The molecule has 0 aliphatic carbocycles. The van der Waals surface area contributed by atoms with Gasteiger partial charge < -0.3 is 9.13 Å². The summed E-state index contributed by atoms with van der Waals surface area (Å²) < 4.78 is 4.52. The maximum absolute atomic E-state index is 4.42. The Balaban J connectivity index is 1.93. The number of aryl methyl sites for hydroxylation is 2. The first-order valence-corrected chi connectivity index (χ1v) is 7.11. The molecule has 2 aromatic rings. The Morgan fingerprint density at radius 3 is 1.63 bits per heavy atom. The van der Waals surface area contributed by atoms with Crippen molar-refractivity contribution in [2.24, 2.45) is 0 Å². The first-order valence-electron chi connectivity index (χ1n) is 7.11. The van der Waals surface area contributed by atoms with Crippen molar-refractivity contribution < 1.29 is 0 Å². The molecule has 2 rings (SSSR count). The van der Waals surface area contributed by atoms with Gasteiger partial charge in [0.15, 0.2) is 0 Å². The van der Waals surface area contributed by atoms with Gasteiger partial charge in [-0.2, -0.15) is 0 Å². The number of aromatic nitrogens is 4. The third kappa shape index (κ3) is 3.25. The van der Waals surface area contributed by atoms with Crippen LogP contribution in [0.3, 0.4) is 0 Å². The maximum Gasteiger partial charge on any atom is 0.111 e. The molecule has 2 heterocycles. The molecule has 2 aromatic heterocycles. The molecular formula is C15H24N4. The monoisotopic (exact) mass is 260 g/mol. The zero-order valence-corrected chi connectivity index (χ0v) is 12.4. The van der Waals surface area contributed by atoms with Crippen LogP contribution in [0.4, 0.5) is 0 Å². The van der Waals surface area contributed by atoms with E-state index in [1.807, 2.05) is 12.4 Å². The van der Waals surface area contributed by atoms with Gasteiger partial charge in [-0.15, -0.1) is 0 Å². The lowest BCUT2D eigenvalue weighted by atomic mass is 10.2. The average Bonchev–Trinajstić information content (AvgIpc) is 2.96. The largest absolute Gasteiger partial charge is 0.335 e. The highest BCUT2D eigenvalue weighted by atomic mass is 15.1. The smallest absolute Gasteiger partial charge is 0.111 e. The van der Waals surface area contributed by atoms with Gasteiger partial charge in [0.1, 0.15) is 11.6 Å². The van der Waals surface area contributed by atoms with Gasteiger partial charge >= 0.3 is 0 Å². The topological polar surface area (TPSA) is 35.6 Å². The molecule has 0 N–H and O–H groups in total. The van der Waals surface area contributed by atoms with Gasteiger partial charge in [0.05, 0.1) is 0 Å². The summed E-state index contributed by atoms with van der Waals surface area (Å²) in [5, 5.41) is 0. The zero-order chi connectivity index (χ0) is 13.8. The summed E-state index contributed by atoms with van der Waals surface area (Å²) in [7, 11) is 0. The molecule has 0 radical (unpaired) electrons. The highest BCUT2D eigenvalue weighted by molar-refractivity contribution is 4.99. The Labute approximate surface area is 115 Å². The van der Waals surface area contributed by atoms with Crippen LogP contribution in [-0.2, 0) is 13.1 Å². The second-order valence-corrected chi connectivity index (χ2v) is 5.62. The fraction of sp³-hybridized carbons (Fsp3) is 0.600.